The number of para-hydroxylation sites is 1. The number of non-ortho nitro benzene ring substituents is 1. The summed E-state index contributed by atoms with van der Waals surface area (Å²) in [5, 5.41) is 21.2. The van der Waals surface area contributed by atoms with Crippen molar-refractivity contribution in [3.05, 3.63) is 75.7 Å². The number of nitrogens with one attached hydrogen (secondary N) is 1. The van der Waals surface area contributed by atoms with Gasteiger partial charge in [-0.3, -0.25) is 10.1 Å². The lowest BCUT2D eigenvalue weighted by atomic mass is 10.2. The number of benzene rings is 2. The van der Waals surface area contributed by atoms with Gasteiger partial charge in [0.15, 0.2) is 11.0 Å². The minimum absolute atomic E-state index is 0.0742. The second-order valence-corrected chi connectivity index (χ2v) is 7.54. The summed E-state index contributed by atoms with van der Waals surface area (Å²) in [5.41, 5.74) is 2.95. The molecule has 0 saturated heterocycles. The molecule has 2 aromatic carbocycles. The van der Waals surface area contributed by atoms with E-state index in [1.165, 1.54) is 6.07 Å². The quantitative estimate of drug-likeness (QED) is 0.276. The Morgan fingerprint density at radius 3 is 2.86 bits per heavy atom. The first-order valence-corrected chi connectivity index (χ1v) is 9.95. The van der Waals surface area contributed by atoms with Gasteiger partial charge in [0.1, 0.15) is 12.4 Å². The molecule has 0 radical (unpaired) electrons. The molecule has 0 spiro atoms. The van der Waals surface area contributed by atoms with E-state index in [4.69, 9.17) is 4.74 Å². The molecule has 2 heterocycles. The highest BCUT2D eigenvalue weighted by Crippen LogP contribution is 2.28. The van der Waals surface area contributed by atoms with Crippen LogP contribution in [0.2, 0.25) is 0 Å². The smallest absolute Gasteiger partial charge is 0.271 e. The Balaban J connectivity index is 1.44. The zero-order valence-electron chi connectivity index (χ0n) is 16.0. The molecule has 0 amide bonds. The number of nitro groups is 1. The number of hydrogen-bond donors (Lipinski definition) is 1. The van der Waals surface area contributed by atoms with Crippen LogP contribution in [0.1, 0.15) is 17.0 Å². The molecule has 4 rings (SSSR count). The summed E-state index contributed by atoms with van der Waals surface area (Å²) >= 11 is 1.56. The van der Waals surface area contributed by atoms with Gasteiger partial charge >= 0.3 is 0 Å². The van der Waals surface area contributed by atoms with E-state index in [1.807, 2.05) is 49.0 Å². The molecule has 0 atom stereocenters. The second-order valence-electron chi connectivity index (χ2n) is 6.60. The zero-order valence-corrected chi connectivity index (χ0v) is 16.8. The minimum Gasteiger partial charge on any atom is -0.485 e. The highest BCUT2D eigenvalue weighted by molar-refractivity contribution is 7.98. The summed E-state index contributed by atoms with van der Waals surface area (Å²) in [7, 11) is 1.91. The number of aryl methyl sites for hydroxylation is 1. The average molecular weight is 409 g/mol. The van der Waals surface area contributed by atoms with Gasteiger partial charge in [-0.1, -0.05) is 30.0 Å². The third-order valence-corrected chi connectivity index (χ3v) is 5.76. The number of hydrogen-bond acceptors (Lipinski definition) is 6. The van der Waals surface area contributed by atoms with Crippen molar-refractivity contribution in [2.45, 2.75) is 24.4 Å². The van der Waals surface area contributed by atoms with Crippen molar-refractivity contribution in [3.8, 4) is 5.75 Å². The van der Waals surface area contributed by atoms with Crippen LogP contribution in [0.15, 0.2) is 53.8 Å². The molecule has 0 bridgehead atoms. The summed E-state index contributed by atoms with van der Waals surface area (Å²) in [6.07, 6.45) is 1.87. The summed E-state index contributed by atoms with van der Waals surface area (Å²) in [4.78, 5) is 13.6. The third kappa shape index (κ3) is 3.95. The molecule has 0 aliphatic heterocycles. The number of aromatic amines is 1. The van der Waals surface area contributed by atoms with Gasteiger partial charge in [-0.15, -0.1) is 10.2 Å². The molecule has 9 heteroatoms. The first-order chi connectivity index (χ1) is 14.0. The van der Waals surface area contributed by atoms with Crippen LogP contribution in [0.4, 0.5) is 5.69 Å². The van der Waals surface area contributed by atoms with Crippen molar-refractivity contribution in [2.75, 3.05) is 0 Å². The molecular weight excluding hydrogens is 390 g/mol. The Morgan fingerprint density at radius 1 is 1.24 bits per heavy atom. The second kappa shape index (κ2) is 7.96. The fraction of sp³-hybridized carbons (Fsp3) is 0.200. The number of nitrogens with zero attached hydrogens (tertiary/aromatic N) is 4. The third-order valence-electron chi connectivity index (χ3n) is 4.69. The first-order valence-electron chi connectivity index (χ1n) is 8.97. The topological polar surface area (TPSA) is 98.9 Å². The first kappa shape index (κ1) is 19.0. The van der Waals surface area contributed by atoms with E-state index in [0.29, 0.717) is 12.4 Å². The number of H-pyrrole nitrogens is 1. The Hall–Kier alpha value is -3.33. The van der Waals surface area contributed by atoms with Gasteiger partial charge in [0.2, 0.25) is 0 Å². The van der Waals surface area contributed by atoms with Crippen molar-refractivity contribution in [2.24, 2.45) is 7.05 Å². The number of thioether (sulfide) groups is 1. The number of fused-ring (bicyclic) bond motifs is 1. The average Bonchev–Trinajstić information content (AvgIpc) is 3.28. The van der Waals surface area contributed by atoms with Crippen molar-refractivity contribution in [1.82, 2.24) is 19.7 Å². The number of rotatable bonds is 7. The van der Waals surface area contributed by atoms with Crippen LogP contribution in [0.25, 0.3) is 10.9 Å². The van der Waals surface area contributed by atoms with Crippen molar-refractivity contribution < 1.29 is 9.66 Å². The van der Waals surface area contributed by atoms with Gasteiger partial charge in [0.05, 0.1) is 10.4 Å². The van der Waals surface area contributed by atoms with Gasteiger partial charge in [-0.25, -0.2) is 0 Å². The van der Waals surface area contributed by atoms with E-state index in [2.05, 4.69) is 15.2 Å². The Bertz CT molecular complexity index is 1180. The summed E-state index contributed by atoms with van der Waals surface area (Å²) < 4.78 is 7.78. The summed E-state index contributed by atoms with van der Waals surface area (Å²) in [6.45, 7) is 2.34. The lowest BCUT2D eigenvalue weighted by Crippen LogP contribution is -2.04. The van der Waals surface area contributed by atoms with Crippen LogP contribution in [-0.4, -0.2) is 24.7 Å². The monoisotopic (exact) mass is 409 g/mol. The largest absolute Gasteiger partial charge is 0.485 e. The van der Waals surface area contributed by atoms with Crippen LogP contribution < -0.4 is 4.74 Å². The minimum atomic E-state index is -0.394. The van der Waals surface area contributed by atoms with Crippen LogP contribution in [0.5, 0.6) is 5.75 Å². The maximum absolute atomic E-state index is 10.9. The molecule has 0 saturated carbocycles. The van der Waals surface area contributed by atoms with E-state index in [0.717, 1.165) is 38.8 Å². The van der Waals surface area contributed by atoms with Gasteiger partial charge in [0.25, 0.3) is 5.69 Å². The molecule has 0 aliphatic rings. The number of ether oxygens (including phenoxy) is 1. The molecule has 29 heavy (non-hydrogen) atoms. The molecule has 0 unspecified atom stereocenters. The molecule has 1 N–H and O–H groups in total. The van der Waals surface area contributed by atoms with Gasteiger partial charge in [0, 0.05) is 36.5 Å². The maximum atomic E-state index is 10.9. The molecular formula is C20H19N5O3S. The molecule has 2 aromatic heterocycles. The molecule has 4 aromatic rings. The highest BCUT2D eigenvalue weighted by atomic mass is 32.2. The predicted octanol–water partition coefficient (Wildman–Crippen LogP) is 4.38. The van der Waals surface area contributed by atoms with Crippen LogP contribution in [-0.2, 0) is 19.4 Å². The number of nitro benzene ring substituents is 1. The normalized spacial score (nSPS) is 11.1. The highest BCUT2D eigenvalue weighted by Gasteiger charge is 2.13. The van der Waals surface area contributed by atoms with Gasteiger partial charge < -0.3 is 14.3 Å². The van der Waals surface area contributed by atoms with Crippen LogP contribution >= 0.6 is 11.8 Å². The van der Waals surface area contributed by atoms with Crippen molar-refractivity contribution >= 4 is 28.4 Å². The Morgan fingerprint density at radius 2 is 2.07 bits per heavy atom. The fourth-order valence-electron chi connectivity index (χ4n) is 3.01. The van der Waals surface area contributed by atoms with E-state index in [9.17, 15) is 10.1 Å². The zero-order chi connectivity index (χ0) is 20.4. The molecule has 0 fully saturated rings. The standard InChI is InChI=1S/C20H19N5O3S/c1-13-5-3-4-6-18(13)28-11-19-22-23-20(24(19)2)29-12-14-10-21-17-9-15(25(26)27)7-8-16(14)17/h3-10,21H,11-12H2,1-2H3. The predicted molar refractivity (Wildman–Crippen MR) is 111 cm³/mol. The lowest BCUT2D eigenvalue weighted by molar-refractivity contribution is -0.384. The van der Waals surface area contributed by atoms with Crippen molar-refractivity contribution in [3.63, 3.8) is 0 Å². The lowest BCUT2D eigenvalue weighted by Gasteiger charge is -2.08. The molecule has 0 aliphatic carbocycles. The number of aromatic nitrogens is 4. The Kier molecular flexibility index (Phi) is 5.22. The molecule has 8 nitrogen and oxygen atoms in total. The summed E-state index contributed by atoms with van der Waals surface area (Å²) in [5.74, 6) is 2.24. The summed E-state index contributed by atoms with van der Waals surface area (Å²) in [6, 6.07) is 12.7. The van der Waals surface area contributed by atoms with Crippen LogP contribution in [0, 0.1) is 17.0 Å². The molecule has 148 valence electrons. The van der Waals surface area contributed by atoms with Gasteiger partial charge in [-0.2, -0.15) is 0 Å². The maximum Gasteiger partial charge on any atom is 0.271 e. The SMILES string of the molecule is Cc1ccccc1OCc1nnc(SCc2c[nH]c3cc([N+](=O)[O-])ccc23)n1C. The van der Waals surface area contributed by atoms with Crippen LogP contribution in [0.3, 0.4) is 0 Å². The van der Waals surface area contributed by atoms with E-state index in [-0.39, 0.29) is 5.69 Å². The van der Waals surface area contributed by atoms with E-state index >= 15 is 0 Å². The fourth-order valence-corrected chi connectivity index (χ4v) is 3.93. The van der Waals surface area contributed by atoms with Crippen molar-refractivity contribution in [1.29, 1.82) is 0 Å². The van der Waals surface area contributed by atoms with Gasteiger partial charge in [-0.05, 0) is 30.2 Å². The van der Waals surface area contributed by atoms with E-state index in [1.54, 1.807) is 23.9 Å². The van der Waals surface area contributed by atoms with E-state index < -0.39 is 4.92 Å². The Labute approximate surface area is 171 Å².